The highest BCUT2D eigenvalue weighted by Gasteiger charge is 2.07. The molecule has 0 spiro atoms. The zero-order valence-corrected chi connectivity index (χ0v) is 12.2. The molecular weight excluding hydrogens is 290 g/mol. The third-order valence-corrected chi connectivity index (χ3v) is 3.28. The van der Waals surface area contributed by atoms with Gasteiger partial charge in [-0.1, -0.05) is 18.2 Å². The van der Waals surface area contributed by atoms with Gasteiger partial charge in [0.05, 0.1) is 18.2 Å². The molecule has 1 amide bonds. The number of hydrogen-bond donors (Lipinski definition) is 1. The molecule has 6 heteroatoms. The molecule has 0 unspecified atom stereocenters. The van der Waals surface area contributed by atoms with Gasteiger partial charge in [-0.05, 0) is 35.9 Å². The van der Waals surface area contributed by atoms with Crippen molar-refractivity contribution in [2.24, 2.45) is 0 Å². The molecule has 3 rings (SSSR count). The molecule has 0 saturated heterocycles. The van der Waals surface area contributed by atoms with E-state index < -0.39 is 0 Å². The lowest BCUT2D eigenvalue weighted by Crippen LogP contribution is -2.12. The van der Waals surface area contributed by atoms with Crippen LogP contribution in [0.3, 0.4) is 0 Å². The van der Waals surface area contributed by atoms with Gasteiger partial charge >= 0.3 is 0 Å². The van der Waals surface area contributed by atoms with E-state index in [0.29, 0.717) is 23.4 Å². The summed E-state index contributed by atoms with van der Waals surface area (Å²) in [6.07, 6.45) is 3.14. The number of benzene rings is 2. The maximum Gasteiger partial charge on any atom is 0.255 e. The van der Waals surface area contributed by atoms with Crippen LogP contribution in [0.1, 0.15) is 21.5 Å². The molecule has 0 fully saturated rings. The highest BCUT2D eigenvalue weighted by Crippen LogP contribution is 2.13. The quantitative estimate of drug-likeness (QED) is 0.802. The number of carbonyl (C=O) groups is 1. The minimum Gasteiger partial charge on any atom is -0.322 e. The second-order valence-electron chi connectivity index (χ2n) is 4.94. The number of aromatic nitrogens is 3. The number of nitrogens with one attached hydrogen (secondary N) is 1. The van der Waals surface area contributed by atoms with Crippen LogP contribution in [0, 0.1) is 11.3 Å². The van der Waals surface area contributed by atoms with E-state index in [1.165, 1.54) is 6.33 Å². The number of nitriles is 1. The molecule has 0 aliphatic heterocycles. The fourth-order valence-electron chi connectivity index (χ4n) is 2.13. The Balaban J connectivity index is 1.68. The highest BCUT2D eigenvalue weighted by molar-refractivity contribution is 6.04. The van der Waals surface area contributed by atoms with E-state index in [1.54, 1.807) is 35.3 Å². The number of carbonyl (C=O) groups excluding carboxylic acids is 1. The van der Waals surface area contributed by atoms with Crippen molar-refractivity contribution in [3.05, 3.63) is 77.9 Å². The Kier molecular flexibility index (Phi) is 4.11. The summed E-state index contributed by atoms with van der Waals surface area (Å²) in [4.78, 5) is 16.1. The highest BCUT2D eigenvalue weighted by atomic mass is 16.1. The number of rotatable bonds is 4. The molecule has 1 N–H and O–H groups in total. The third-order valence-electron chi connectivity index (χ3n) is 3.28. The molecule has 1 aromatic heterocycles. The molecule has 0 radical (unpaired) electrons. The Hall–Kier alpha value is -3.46. The van der Waals surface area contributed by atoms with Crippen molar-refractivity contribution < 1.29 is 4.79 Å². The average molecular weight is 303 g/mol. The van der Waals surface area contributed by atoms with Crippen LogP contribution in [0.2, 0.25) is 0 Å². The summed E-state index contributed by atoms with van der Waals surface area (Å²) >= 11 is 0. The van der Waals surface area contributed by atoms with Crippen molar-refractivity contribution in [1.29, 1.82) is 5.26 Å². The van der Waals surface area contributed by atoms with E-state index in [4.69, 9.17) is 5.26 Å². The Labute approximate surface area is 133 Å². The molecule has 0 aliphatic carbocycles. The number of hydrogen-bond acceptors (Lipinski definition) is 4. The van der Waals surface area contributed by atoms with Gasteiger partial charge in [0.1, 0.15) is 12.7 Å². The number of nitrogens with zero attached hydrogens (tertiary/aromatic N) is 4. The van der Waals surface area contributed by atoms with E-state index in [9.17, 15) is 4.79 Å². The molecule has 0 saturated carbocycles. The summed E-state index contributed by atoms with van der Waals surface area (Å²) in [6.45, 7) is 0.623. The van der Waals surface area contributed by atoms with E-state index >= 15 is 0 Å². The molecule has 0 bridgehead atoms. The summed E-state index contributed by atoms with van der Waals surface area (Å²) in [5, 5.41) is 15.7. The van der Waals surface area contributed by atoms with Crippen molar-refractivity contribution in [3.8, 4) is 6.07 Å². The predicted molar refractivity (Wildman–Crippen MR) is 84.7 cm³/mol. The van der Waals surface area contributed by atoms with Crippen LogP contribution in [0.5, 0.6) is 0 Å². The van der Waals surface area contributed by atoms with Crippen LogP contribution in [-0.2, 0) is 6.54 Å². The van der Waals surface area contributed by atoms with Crippen molar-refractivity contribution in [3.63, 3.8) is 0 Å². The van der Waals surface area contributed by atoms with Gasteiger partial charge in [0.15, 0.2) is 0 Å². The minimum atomic E-state index is -0.244. The van der Waals surface area contributed by atoms with Crippen LogP contribution < -0.4 is 5.32 Å². The second-order valence-corrected chi connectivity index (χ2v) is 4.94. The van der Waals surface area contributed by atoms with Gasteiger partial charge in [-0.25, -0.2) is 9.67 Å². The SMILES string of the molecule is N#Cc1cccc(C(=O)Nc2ccc(Cn3cncn3)cc2)c1. The van der Waals surface area contributed by atoms with Crippen LogP contribution in [0.4, 0.5) is 5.69 Å². The fourth-order valence-corrected chi connectivity index (χ4v) is 2.13. The first kappa shape index (κ1) is 14.5. The maximum absolute atomic E-state index is 12.2. The summed E-state index contributed by atoms with van der Waals surface area (Å²) in [6, 6.07) is 16.1. The smallest absolute Gasteiger partial charge is 0.255 e. The van der Waals surface area contributed by atoms with E-state index in [0.717, 1.165) is 5.56 Å². The largest absolute Gasteiger partial charge is 0.322 e. The van der Waals surface area contributed by atoms with Gasteiger partial charge < -0.3 is 5.32 Å². The van der Waals surface area contributed by atoms with Crippen molar-refractivity contribution in [1.82, 2.24) is 14.8 Å². The van der Waals surface area contributed by atoms with Crippen LogP contribution in [-0.4, -0.2) is 20.7 Å². The van der Waals surface area contributed by atoms with Gasteiger partial charge in [0, 0.05) is 11.3 Å². The Morgan fingerprint density at radius 2 is 2.04 bits per heavy atom. The van der Waals surface area contributed by atoms with Crippen LogP contribution >= 0.6 is 0 Å². The van der Waals surface area contributed by atoms with E-state index in [2.05, 4.69) is 15.4 Å². The Bertz CT molecular complexity index is 847. The third kappa shape index (κ3) is 3.60. The molecule has 0 aliphatic rings. The summed E-state index contributed by atoms with van der Waals surface area (Å²) < 4.78 is 1.72. The van der Waals surface area contributed by atoms with Crippen LogP contribution in [0.15, 0.2) is 61.2 Å². The molecule has 23 heavy (non-hydrogen) atoms. The first-order valence-electron chi connectivity index (χ1n) is 6.97. The van der Waals surface area contributed by atoms with Gasteiger partial charge in [0.25, 0.3) is 5.91 Å². The van der Waals surface area contributed by atoms with Crippen molar-refractivity contribution in [2.45, 2.75) is 6.54 Å². The Morgan fingerprint density at radius 1 is 1.22 bits per heavy atom. The van der Waals surface area contributed by atoms with Crippen molar-refractivity contribution in [2.75, 3.05) is 5.32 Å². The van der Waals surface area contributed by atoms with E-state index in [-0.39, 0.29) is 5.91 Å². The van der Waals surface area contributed by atoms with Crippen LogP contribution in [0.25, 0.3) is 0 Å². The predicted octanol–water partition coefficient (Wildman–Crippen LogP) is 2.45. The normalized spacial score (nSPS) is 10.0. The lowest BCUT2D eigenvalue weighted by Gasteiger charge is -2.07. The molecular formula is C17H13N5O. The van der Waals surface area contributed by atoms with Gasteiger partial charge in [-0.3, -0.25) is 4.79 Å². The molecule has 2 aromatic carbocycles. The molecule has 112 valence electrons. The summed E-state index contributed by atoms with van der Waals surface area (Å²) in [5.41, 5.74) is 2.66. The maximum atomic E-state index is 12.2. The zero-order chi connectivity index (χ0) is 16.1. The Morgan fingerprint density at radius 3 is 2.74 bits per heavy atom. The van der Waals surface area contributed by atoms with E-state index in [1.807, 2.05) is 30.3 Å². The zero-order valence-electron chi connectivity index (χ0n) is 12.2. The topological polar surface area (TPSA) is 83.6 Å². The molecule has 6 nitrogen and oxygen atoms in total. The standard InChI is InChI=1S/C17H13N5O/c18-9-14-2-1-3-15(8-14)17(23)21-16-6-4-13(5-7-16)10-22-12-19-11-20-22/h1-8,11-12H,10H2,(H,21,23). The first-order valence-corrected chi connectivity index (χ1v) is 6.97. The summed E-state index contributed by atoms with van der Waals surface area (Å²) in [5.74, 6) is -0.244. The average Bonchev–Trinajstić information content (AvgIpc) is 3.09. The summed E-state index contributed by atoms with van der Waals surface area (Å²) in [7, 11) is 0. The molecule has 1 heterocycles. The first-order chi connectivity index (χ1) is 11.2. The monoisotopic (exact) mass is 303 g/mol. The number of amides is 1. The van der Waals surface area contributed by atoms with Gasteiger partial charge in [-0.2, -0.15) is 10.4 Å². The van der Waals surface area contributed by atoms with Gasteiger partial charge in [0.2, 0.25) is 0 Å². The second kappa shape index (κ2) is 6.54. The fraction of sp³-hybridized carbons (Fsp3) is 0.0588. The van der Waals surface area contributed by atoms with Gasteiger partial charge in [-0.15, -0.1) is 0 Å². The lowest BCUT2D eigenvalue weighted by atomic mass is 10.1. The molecule has 3 aromatic rings. The lowest BCUT2D eigenvalue weighted by molar-refractivity contribution is 0.102. The minimum absolute atomic E-state index is 0.244. The van der Waals surface area contributed by atoms with Crippen molar-refractivity contribution >= 4 is 11.6 Å². The molecule has 0 atom stereocenters. The number of anilines is 1.